The van der Waals surface area contributed by atoms with Crippen molar-refractivity contribution in [3.8, 4) is 0 Å². The molecule has 1 rings (SSSR count). The summed E-state index contributed by atoms with van der Waals surface area (Å²) in [5.41, 5.74) is 2.16. The first-order valence-electron chi connectivity index (χ1n) is 4.72. The number of hydrogen-bond acceptors (Lipinski definition) is 5. The minimum atomic E-state index is -0.885. The quantitative estimate of drug-likeness (QED) is 0.797. The summed E-state index contributed by atoms with van der Waals surface area (Å²) in [4.78, 5) is 15.5. The monoisotopic (exact) mass is 229 g/mol. The zero-order valence-corrected chi connectivity index (χ0v) is 9.82. The Bertz CT molecular complexity index is 310. The molecule has 0 aliphatic heterocycles. The lowest BCUT2D eigenvalue weighted by atomic mass is 9.89. The number of thiazole rings is 1. The lowest BCUT2D eigenvalue weighted by Crippen LogP contribution is -2.28. The molecule has 0 aliphatic carbocycles. The summed E-state index contributed by atoms with van der Waals surface area (Å²) in [6.45, 7) is 3.74. The van der Waals surface area contributed by atoms with Crippen LogP contribution in [-0.2, 0) is 9.53 Å². The van der Waals surface area contributed by atoms with Crippen molar-refractivity contribution < 1.29 is 14.6 Å². The van der Waals surface area contributed by atoms with Gasteiger partial charge in [0.05, 0.1) is 24.2 Å². The first-order valence-corrected chi connectivity index (χ1v) is 5.66. The number of carbonyl (C=O) groups is 1. The molecule has 1 aromatic rings. The van der Waals surface area contributed by atoms with Gasteiger partial charge >= 0.3 is 5.97 Å². The van der Waals surface area contributed by atoms with Gasteiger partial charge in [-0.15, -0.1) is 11.3 Å². The highest BCUT2D eigenvalue weighted by atomic mass is 32.1. The molecule has 84 valence electrons. The zero-order valence-electron chi connectivity index (χ0n) is 9.01. The lowest BCUT2D eigenvalue weighted by Gasteiger charge is -2.22. The van der Waals surface area contributed by atoms with E-state index in [9.17, 15) is 9.90 Å². The van der Waals surface area contributed by atoms with E-state index in [0.717, 1.165) is 0 Å². The Hall–Kier alpha value is -0.940. The van der Waals surface area contributed by atoms with Crippen LogP contribution in [0, 0.1) is 11.8 Å². The van der Waals surface area contributed by atoms with Crippen molar-refractivity contribution in [1.82, 2.24) is 4.98 Å². The van der Waals surface area contributed by atoms with Gasteiger partial charge in [0.2, 0.25) is 0 Å². The smallest absolute Gasteiger partial charge is 0.311 e. The highest BCUT2D eigenvalue weighted by molar-refractivity contribution is 7.07. The molecule has 1 aromatic heterocycles. The van der Waals surface area contributed by atoms with Crippen LogP contribution >= 0.6 is 11.3 Å². The van der Waals surface area contributed by atoms with E-state index in [1.807, 2.05) is 13.8 Å². The molecule has 4 nitrogen and oxygen atoms in total. The van der Waals surface area contributed by atoms with Gasteiger partial charge in [0, 0.05) is 5.38 Å². The second-order valence-electron chi connectivity index (χ2n) is 3.65. The first-order chi connectivity index (χ1) is 7.07. The highest BCUT2D eigenvalue weighted by Gasteiger charge is 2.32. The van der Waals surface area contributed by atoms with Gasteiger partial charge in [0.1, 0.15) is 6.10 Å². The van der Waals surface area contributed by atoms with Gasteiger partial charge in [-0.3, -0.25) is 4.79 Å². The molecule has 0 fully saturated rings. The van der Waals surface area contributed by atoms with Crippen LogP contribution in [0.1, 0.15) is 25.6 Å². The van der Waals surface area contributed by atoms with E-state index in [1.165, 1.54) is 18.4 Å². The van der Waals surface area contributed by atoms with Crippen LogP contribution in [0.3, 0.4) is 0 Å². The topological polar surface area (TPSA) is 59.4 Å². The number of aliphatic hydroxyl groups is 1. The fraction of sp³-hybridized carbons (Fsp3) is 0.600. The summed E-state index contributed by atoms with van der Waals surface area (Å²) in [5, 5.41) is 11.7. The van der Waals surface area contributed by atoms with Gasteiger partial charge in [-0.25, -0.2) is 4.98 Å². The third-order valence-corrected chi connectivity index (χ3v) is 2.89. The Morgan fingerprint density at radius 3 is 2.67 bits per heavy atom. The van der Waals surface area contributed by atoms with Crippen molar-refractivity contribution in [2.45, 2.75) is 20.0 Å². The maximum absolute atomic E-state index is 11.5. The van der Waals surface area contributed by atoms with Gasteiger partial charge in [-0.1, -0.05) is 13.8 Å². The number of aliphatic hydroxyl groups excluding tert-OH is 1. The molecule has 2 unspecified atom stereocenters. The molecular formula is C10H15NO3S. The van der Waals surface area contributed by atoms with Gasteiger partial charge < -0.3 is 9.84 Å². The molecule has 1 heterocycles. The Kier molecular flexibility index (Phi) is 4.23. The standard InChI is InChI=1S/C10H15NO3S/c1-6(2)8(10(13)14-3)9(12)7-4-15-5-11-7/h4-6,8-9,12H,1-3H3. The van der Waals surface area contributed by atoms with Crippen LogP contribution in [0.4, 0.5) is 0 Å². The number of nitrogens with zero attached hydrogens (tertiary/aromatic N) is 1. The second-order valence-corrected chi connectivity index (χ2v) is 4.37. The number of hydrogen-bond donors (Lipinski definition) is 1. The first kappa shape index (κ1) is 12.1. The van der Waals surface area contributed by atoms with Crippen LogP contribution in [0.25, 0.3) is 0 Å². The molecule has 15 heavy (non-hydrogen) atoms. The second kappa shape index (κ2) is 5.23. The van der Waals surface area contributed by atoms with E-state index in [4.69, 9.17) is 0 Å². The molecule has 0 radical (unpaired) electrons. The Morgan fingerprint density at radius 2 is 2.27 bits per heavy atom. The van der Waals surface area contributed by atoms with E-state index in [2.05, 4.69) is 9.72 Å². The predicted molar refractivity (Wildman–Crippen MR) is 57.4 cm³/mol. The molecule has 1 N–H and O–H groups in total. The van der Waals surface area contributed by atoms with Crippen LogP contribution in [-0.4, -0.2) is 23.2 Å². The van der Waals surface area contributed by atoms with E-state index in [-0.39, 0.29) is 5.92 Å². The third kappa shape index (κ3) is 2.76. The van der Waals surface area contributed by atoms with Crippen molar-refractivity contribution in [1.29, 1.82) is 0 Å². The van der Waals surface area contributed by atoms with Gasteiger partial charge in [-0.05, 0) is 5.92 Å². The molecule has 5 heteroatoms. The van der Waals surface area contributed by atoms with Gasteiger partial charge in [-0.2, -0.15) is 0 Å². The molecule has 0 aliphatic rings. The van der Waals surface area contributed by atoms with E-state index in [0.29, 0.717) is 5.69 Å². The number of methoxy groups -OCH3 is 1. The summed E-state index contributed by atoms with van der Waals surface area (Å²) >= 11 is 1.39. The molecule has 0 bridgehead atoms. The fourth-order valence-electron chi connectivity index (χ4n) is 1.45. The van der Waals surface area contributed by atoms with Crippen molar-refractivity contribution in [3.63, 3.8) is 0 Å². The third-order valence-electron chi connectivity index (χ3n) is 2.29. The van der Waals surface area contributed by atoms with Crippen molar-refractivity contribution in [3.05, 3.63) is 16.6 Å². The van der Waals surface area contributed by atoms with Crippen molar-refractivity contribution >= 4 is 17.3 Å². The number of esters is 1. The SMILES string of the molecule is COC(=O)C(C(C)C)C(O)c1cscn1. The van der Waals surface area contributed by atoms with Gasteiger partial charge in [0.25, 0.3) is 0 Å². The number of carbonyl (C=O) groups excluding carboxylic acids is 1. The van der Waals surface area contributed by atoms with Crippen molar-refractivity contribution in [2.75, 3.05) is 7.11 Å². The van der Waals surface area contributed by atoms with Crippen LogP contribution in [0.15, 0.2) is 10.9 Å². The van der Waals surface area contributed by atoms with Crippen LogP contribution in [0.2, 0.25) is 0 Å². The molecule has 0 spiro atoms. The highest BCUT2D eigenvalue weighted by Crippen LogP contribution is 2.28. The van der Waals surface area contributed by atoms with Crippen LogP contribution < -0.4 is 0 Å². The number of rotatable bonds is 4. The van der Waals surface area contributed by atoms with E-state index < -0.39 is 18.0 Å². The lowest BCUT2D eigenvalue weighted by molar-refractivity contribution is -0.152. The summed E-state index contributed by atoms with van der Waals surface area (Å²) in [7, 11) is 1.32. The molecule has 2 atom stereocenters. The summed E-state index contributed by atoms with van der Waals surface area (Å²) in [6, 6.07) is 0. The molecule has 0 saturated carbocycles. The summed E-state index contributed by atoms with van der Waals surface area (Å²) < 4.78 is 4.67. The minimum absolute atomic E-state index is 0.00847. The normalized spacial score (nSPS) is 15.0. The Morgan fingerprint density at radius 1 is 1.60 bits per heavy atom. The maximum Gasteiger partial charge on any atom is 0.311 e. The summed E-state index contributed by atoms with van der Waals surface area (Å²) in [6.07, 6.45) is -0.885. The fourth-order valence-corrected chi connectivity index (χ4v) is 2.04. The molecular weight excluding hydrogens is 214 g/mol. The maximum atomic E-state index is 11.5. The molecule has 0 saturated heterocycles. The molecule has 0 aromatic carbocycles. The summed E-state index contributed by atoms with van der Waals surface area (Å²) in [5.74, 6) is -0.947. The average Bonchev–Trinajstić information content (AvgIpc) is 2.69. The van der Waals surface area contributed by atoms with Gasteiger partial charge in [0.15, 0.2) is 0 Å². The van der Waals surface area contributed by atoms with E-state index >= 15 is 0 Å². The molecule has 0 amide bonds. The number of ether oxygens (including phenoxy) is 1. The van der Waals surface area contributed by atoms with E-state index in [1.54, 1.807) is 10.9 Å². The Balaban J connectivity index is 2.85. The number of aromatic nitrogens is 1. The largest absolute Gasteiger partial charge is 0.469 e. The predicted octanol–water partition coefficient (Wildman–Crippen LogP) is 1.62. The average molecular weight is 229 g/mol. The van der Waals surface area contributed by atoms with Crippen molar-refractivity contribution in [2.24, 2.45) is 11.8 Å². The Labute approximate surface area is 92.9 Å². The van der Waals surface area contributed by atoms with Crippen LogP contribution in [0.5, 0.6) is 0 Å². The zero-order chi connectivity index (χ0) is 11.4. The minimum Gasteiger partial charge on any atom is -0.469 e.